The lowest BCUT2D eigenvalue weighted by Crippen LogP contribution is -2.36. The molecule has 0 aromatic carbocycles. The molecule has 62 valence electrons. The summed E-state index contributed by atoms with van der Waals surface area (Å²) < 4.78 is 0. The van der Waals surface area contributed by atoms with E-state index in [0.29, 0.717) is 17.7 Å². The summed E-state index contributed by atoms with van der Waals surface area (Å²) in [4.78, 5) is 11.4. The maximum absolute atomic E-state index is 11.4. The average molecular weight is 171 g/mol. The van der Waals surface area contributed by atoms with E-state index < -0.39 is 0 Å². The third-order valence-electron chi connectivity index (χ3n) is 2.50. The van der Waals surface area contributed by atoms with Gasteiger partial charge in [-0.15, -0.1) is 0 Å². The van der Waals surface area contributed by atoms with Gasteiger partial charge in [-0.05, 0) is 13.0 Å². The van der Waals surface area contributed by atoms with Crippen molar-refractivity contribution in [2.75, 3.05) is 18.1 Å². The molecule has 0 radical (unpaired) electrons. The van der Waals surface area contributed by atoms with Crippen LogP contribution >= 0.6 is 11.8 Å². The molecule has 2 fully saturated rings. The average Bonchev–Trinajstić information content (AvgIpc) is 2.40. The minimum absolute atomic E-state index is 0.336. The Balaban J connectivity index is 2.09. The van der Waals surface area contributed by atoms with Gasteiger partial charge in [0.1, 0.15) is 5.78 Å². The summed E-state index contributed by atoms with van der Waals surface area (Å²) in [5, 5.41) is 3.43. The molecule has 2 nitrogen and oxygen atoms in total. The van der Waals surface area contributed by atoms with Crippen LogP contribution in [0.3, 0.4) is 0 Å². The van der Waals surface area contributed by atoms with Crippen LogP contribution in [0.1, 0.15) is 12.8 Å². The van der Waals surface area contributed by atoms with E-state index >= 15 is 0 Å². The van der Waals surface area contributed by atoms with Gasteiger partial charge in [0.2, 0.25) is 0 Å². The van der Waals surface area contributed by atoms with E-state index in [0.717, 1.165) is 30.9 Å². The third kappa shape index (κ3) is 1.44. The van der Waals surface area contributed by atoms with Crippen molar-refractivity contribution in [1.29, 1.82) is 0 Å². The van der Waals surface area contributed by atoms with E-state index in [1.54, 1.807) is 0 Å². The van der Waals surface area contributed by atoms with Crippen LogP contribution in [0.2, 0.25) is 0 Å². The molecule has 1 N–H and O–H groups in total. The Morgan fingerprint density at radius 3 is 3.27 bits per heavy atom. The minimum Gasteiger partial charge on any atom is -0.312 e. The molecule has 2 heterocycles. The number of hydrogen-bond donors (Lipinski definition) is 1. The zero-order valence-corrected chi connectivity index (χ0v) is 7.32. The van der Waals surface area contributed by atoms with Gasteiger partial charge in [-0.3, -0.25) is 4.79 Å². The second kappa shape index (κ2) is 3.15. The van der Waals surface area contributed by atoms with Gasteiger partial charge in [0.15, 0.2) is 0 Å². The first-order valence-electron chi connectivity index (χ1n) is 4.22. The predicted molar refractivity (Wildman–Crippen MR) is 46.8 cm³/mol. The highest BCUT2D eigenvalue weighted by Crippen LogP contribution is 2.27. The van der Waals surface area contributed by atoms with Crippen molar-refractivity contribution < 1.29 is 4.79 Å². The van der Waals surface area contributed by atoms with E-state index in [2.05, 4.69) is 5.32 Å². The Kier molecular flexibility index (Phi) is 2.18. The topological polar surface area (TPSA) is 29.1 Å². The summed E-state index contributed by atoms with van der Waals surface area (Å²) in [6.45, 7) is 1.04. The first-order chi connectivity index (χ1) is 5.38. The van der Waals surface area contributed by atoms with Crippen LogP contribution < -0.4 is 5.32 Å². The van der Waals surface area contributed by atoms with Gasteiger partial charge < -0.3 is 5.32 Å². The maximum atomic E-state index is 11.4. The van der Waals surface area contributed by atoms with Crippen LogP contribution in [-0.4, -0.2) is 29.9 Å². The lowest BCUT2D eigenvalue weighted by atomic mass is 9.98. The number of carbonyl (C=O) groups excluding carboxylic acids is 1. The molecule has 2 aliphatic heterocycles. The molecule has 0 bridgehead atoms. The normalized spacial score (nSPS) is 38.4. The monoisotopic (exact) mass is 171 g/mol. The van der Waals surface area contributed by atoms with Gasteiger partial charge in [0, 0.05) is 29.9 Å². The van der Waals surface area contributed by atoms with E-state index in [1.165, 1.54) is 0 Å². The molecule has 0 amide bonds. The van der Waals surface area contributed by atoms with Gasteiger partial charge in [-0.25, -0.2) is 0 Å². The van der Waals surface area contributed by atoms with Gasteiger partial charge in [0.05, 0.1) is 0 Å². The first kappa shape index (κ1) is 7.62. The number of rotatable bonds is 0. The second-order valence-electron chi connectivity index (χ2n) is 3.27. The summed E-state index contributed by atoms with van der Waals surface area (Å²) in [6.07, 6.45) is 1.84. The molecule has 2 unspecified atom stereocenters. The number of nitrogens with one attached hydrogen (secondary N) is 1. The Morgan fingerprint density at radius 2 is 2.36 bits per heavy atom. The Labute approximate surface area is 71.1 Å². The fraction of sp³-hybridized carbons (Fsp3) is 0.875. The predicted octanol–water partition coefficient (Wildman–Crippen LogP) is 0.670. The molecule has 11 heavy (non-hydrogen) atoms. The second-order valence-corrected chi connectivity index (χ2v) is 4.35. The Bertz CT molecular complexity index is 171. The highest BCUT2D eigenvalue weighted by Gasteiger charge is 2.33. The van der Waals surface area contributed by atoms with Crippen LogP contribution in [0.25, 0.3) is 0 Å². The van der Waals surface area contributed by atoms with Crippen molar-refractivity contribution in [3.05, 3.63) is 0 Å². The summed E-state index contributed by atoms with van der Waals surface area (Å²) in [5.41, 5.74) is 0. The molecule has 2 rings (SSSR count). The van der Waals surface area contributed by atoms with Crippen molar-refractivity contribution in [1.82, 2.24) is 5.32 Å². The molecule has 0 aromatic heterocycles. The summed E-state index contributed by atoms with van der Waals surface area (Å²) in [6, 6.07) is 0.495. The Hall–Kier alpha value is -0.0200. The SMILES string of the molecule is O=C1CCCNC2CSCC12. The molecule has 2 saturated heterocycles. The summed E-state index contributed by atoms with van der Waals surface area (Å²) in [5.74, 6) is 3.01. The van der Waals surface area contributed by atoms with E-state index in [-0.39, 0.29) is 0 Å². The van der Waals surface area contributed by atoms with E-state index in [9.17, 15) is 4.79 Å². The molecule has 0 aromatic rings. The Morgan fingerprint density at radius 1 is 1.45 bits per heavy atom. The first-order valence-corrected chi connectivity index (χ1v) is 5.37. The molecular formula is C8H13NOS. The largest absolute Gasteiger partial charge is 0.312 e. The summed E-state index contributed by atoms with van der Waals surface area (Å²) >= 11 is 1.91. The van der Waals surface area contributed by atoms with Gasteiger partial charge >= 0.3 is 0 Å². The van der Waals surface area contributed by atoms with E-state index in [1.807, 2.05) is 11.8 Å². The summed E-state index contributed by atoms with van der Waals surface area (Å²) in [7, 11) is 0. The number of thioether (sulfide) groups is 1. The molecule has 0 saturated carbocycles. The van der Waals surface area contributed by atoms with Crippen LogP contribution in [0.5, 0.6) is 0 Å². The van der Waals surface area contributed by atoms with Crippen molar-refractivity contribution in [3.63, 3.8) is 0 Å². The number of Topliss-reactive ketones (excluding diaryl/α,β-unsaturated/α-hetero) is 1. The lowest BCUT2D eigenvalue weighted by Gasteiger charge is -2.13. The highest BCUT2D eigenvalue weighted by molar-refractivity contribution is 7.99. The molecule has 2 atom stereocenters. The van der Waals surface area contributed by atoms with Gasteiger partial charge in [0.25, 0.3) is 0 Å². The molecule has 0 aliphatic carbocycles. The standard InChI is InChI=1S/C8H13NOS/c10-8-2-1-3-9-7-5-11-4-6(7)8/h6-7,9H,1-5H2. The number of ketones is 1. The van der Waals surface area contributed by atoms with E-state index in [4.69, 9.17) is 0 Å². The van der Waals surface area contributed by atoms with Gasteiger partial charge in [-0.1, -0.05) is 0 Å². The van der Waals surface area contributed by atoms with Crippen molar-refractivity contribution in [2.24, 2.45) is 5.92 Å². The fourth-order valence-electron chi connectivity index (χ4n) is 1.81. The number of fused-ring (bicyclic) bond motifs is 1. The zero-order chi connectivity index (χ0) is 7.68. The van der Waals surface area contributed by atoms with Crippen LogP contribution in [0, 0.1) is 5.92 Å². The zero-order valence-electron chi connectivity index (χ0n) is 6.51. The molecule has 2 aliphatic rings. The van der Waals surface area contributed by atoms with Gasteiger partial charge in [-0.2, -0.15) is 11.8 Å². The number of hydrogen-bond acceptors (Lipinski definition) is 3. The smallest absolute Gasteiger partial charge is 0.138 e. The van der Waals surface area contributed by atoms with Crippen LogP contribution in [0.15, 0.2) is 0 Å². The van der Waals surface area contributed by atoms with Crippen LogP contribution in [0.4, 0.5) is 0 Å². The lowest BCUT2D eigenvalue weighted by molar-refractivity contribution is -0.122. The number of carbonyl (C=O) groups is 1. The maximum Gasteiger partial charge on any atom is 0.138 e. The molecular weight excluding hydrogens is 158 g/mol. The van der Waals surface area contributed by atoms with Crippen LogP contribution in [-0.2, 0) is 4.79 Å². The fourth-order valence-corrected chi connectivity index (χ4v) is 3.22. The minimum atomic E-state index is 0.336. The van der Waals surface area contributed by atoms with Crippen molar-refractivity contribution in [2.45, 2.75) is 18.9 Å². The molecule has 0 spiro atoms. The van der Waals surface area contributed by atoms with Crippen molar-refractivity contribution >= 4 is 17.5 Å². The molecule has 3 heteroatoms. The quantitative estimate of drug-likeness (QED) is 0.581. The third-order valence-corrected chi connectivity index (χ3v) is 3.69. The highest BCUT2D eigenvalue weighted by atomic mass is 32.2. The van der Waals surface area contributed by atoms with Crippen molar-refractivity contribution in [3.8, 4) is 0 Å².